The van der Waals surface area contributed by atoms with Crippen LogP contribution in [0.2, 0.25) is 0 Å². The lowest BCUT2D eigenvalue weighted by Gasteiger charge is -2.26. The molecule has 1 aliphatic heterocycles. The van der Waals surface area contributed by atoms with Crippen LogP contribution in [0.4, 0.5) is 0 Å². The first-order valence-electron chi connectivity index (χ1n) is 12.2. The minimum Gasteiger partial charge on any atom is -0.507 e. The van der Waals surface area contributed by atoms with Gasteiger partial charge in [0.05, 0.1) is 11.6 Å². The molecule has 1 N–H and O–H groups in total. The number of benzene rings is 3. The zero-order chi connectivity index (χ0) is 26.5. The van der Waals surface area contributed by atoms with Gasteiger partial charge in [0.25, 0.3) is 11.7 Å². The molecule has 0 bridgehead atoms. The Morgan fingerprint density at radius 2 is 1.73 bits per heavy atom. The third kappa shape index (κ3) is 6.12. The molecular formula is C30H31BrN2O4. The maximum Gasteiger partial charge on any atom is 0.295 e. The zero-order valence-electron chi connectivity index (χ0n) is 21.3. The molecule has 0 unspecified atom stereocenters. The van der Waals surface area contributed by atoms with Gasteiger partial charge in [-0.1, -0.05) is 58.4 Å². The van der Waals surface area contributed by atoms with Gasteiger partial charge in [0.15, 0.2) is 0 Å². The average molecular weight is 563 g/mol. The van der Waals surface area contributed by atoms with E-state index >= 15 is 0 Å². The summed E-state index contributed by atoms with van der Waals surface area (Å²) >= 11 is 3.45. The van der Waals surface area contributed by atoms with Crippen molar-refractivity contribution < 1.29 is 19.4 Å². The van der Waals surface area contributed by atoms with Crippen LogP contribution in [0, 0.1) is 6.92 Å². The van der Waals surface area contributed by atoms with Gasteiger partial charge in [0.2, 0.25) is 0 Å². The number of hydrogen-bond donors (Lipinski definition) is 1. The number of carbonyl (C=O) groups is 2. The number of carbonyl (C=O) groups excluding carboxylic acids is 2. The smallest absolute Gasteiger partial charge is 0.295 e. The van der Waals surface area contributed by atoms with Crippen LogP contribution in [0.25, 0.3) is 5.76 Å². The summed E-state index contributed by atoms with van der Waals surface area (Å²) in [5.74, 6) is -0.771. The quantitative estimate of drug-likeness (QED) is 0.205. The number of aliphatic hydroxyl groups excluding tert-OH is 1. The lowest BCUT2D eigenvalue weighted by Crippen LogP contribution is -2.32. The van der Waals surface area contributed by atoms with Crippen molar-refractivity contribution >= 4 is 33.4 Å². The molecule has 1 heterocycles. The average Bonchev–Trinajstić information content (AvgIpc) is 3.13. The summed E-state index contributed by atoms with van der Waals surface area (Å²) in [6, 6.07) is 22.0. The normalized spacial score (nSPS) is 17.0. The molecule has 1 atom stereocenters. The largest absolute Gasteiger partial charge is 0.507 e. The summed E-state index contributed by atoms with van der Waals surface area (Å²) < 4.78 is 6.81. The Morgan fingerprint density at radius 3 is 2.38 bits per heavy atom. The van der Waals surface area contributed by atoms with Crippen molar-refractivity contribution in [2.24, 2.45) is 0 Å². The van der Waals surface area contributed by atoms with E-state index in [9.17, 15) is 14.7 Å². The summed E-state index contributed by atoms with van der Waals surface area (Å²) in [6.07, 6.45) is 0.708. The van der Waals surface area contributed by atoms with E-state index < -0.39 is 17.7 Å². The van der Waals surface area contributed by atoms with Gasteiger partial charge < -0.3 is 19.6 Å². The van der Waals surface area contributed by atoms with Gasteiger partial charge in [-0.3, -0.25) is 9.59 Å². The molecule has 0 spiro atoms. The van der Waals surface area contributed by atoms with E-state index in [-0.39, 0.29) is 11.3 Å². The summed E-state index contributed by atoms with van der Waals surface area (Å²) in [4.78, 5) is 30.0. The van der Waals surface area contributed by atoms with Gasteiger partial charge in [0, 0.05) is 16.6 Å². The second-order valence-electron chi connectivity index (χ2n) is 9.45. The standard InChI is InChI=1S/C30H31BrN2O4/c1-20-18-24(37-19-21-8-5-4-6-9-21)14-15-25(20)28(34)26-27(22-10-12-23(31)13-11-22)33(30(36)29(26)35)17-7-16-32(2)3/h4-6,8-15,18,27,34H,7,16-17,19H2,1-3H3/b28-26+/t27-/m0/s1. The van der Waals surface area contributed by atoms with E-state index in [1.54, 1.807) is 17.0 Å². The Morgan fingerprint density at radius 1 is 1.03 bits per heavy atom. The van der Waals surface area contributed by atoms with E-state index in [0.717, 1.165) is 27.7 Å². The van der Waals surface area contributed by atoms with Crippen LogP contribution in [0.3, 0.4) is 0 Å². The Balaban J connectivity index is 1.68. The van der Waals surface area contributed by atoms with E-state index in [1.165, 1.54) is 0 Å². The molecule has 0 aliphatic carbocycles. The SMILES string of the molecule is Cc1cc(OCc2ccccc2)ccc1/C(O)=C1\C(=O)C(=O)N(CCCN(C)C)[C@H]1c1ccc(Br)cc1. The van der Waals surface area contributed by atoms with Crippen molar-refractivity contribution in [2.75, 3.05) is 27.2 Å². The first kappa shape index (κ1) is 26.6. The molecule has 1 fully saturated rings. The lowest BCUT2D eigenvalue weighted by atomic mass is 9.94. The van der Waals surface area contributed by atoms with Gasteiger partial charge in [-0.05, 0) is 81.0 Å². The van der Waals surface area contributed by atoms with Crippen LogP contribution in [-0.4, -0.2) is 53.8 Å². The second-order valence-corrected chi connectivity index (χ2v) is 10.4. The molecule has 37 heavy (non-hydrogen) atoms. The Labute approximate surface area is 226 Å². The minimum absolute atomic E-state index is 0.109. The highest BCUT2D eigenvalue weighted by Gasteiger charge is 2.45. The Bertz CT molecular complexity index is 1300. The molecule has 1 aliphatic rings. The maximum atomic E-state index is 13.3. The number of likely N-dealkylation sites (tertiary alicyclic amines) is 1. The number of amides is 1. The number of rotatable bonds is 9. The predicted octanol–water partition coefficient (Wildman–Crippen LogP) is 5.71. The monoisotopic (exact) mass is 562 g/mol. The van der Waals surface area contributed by atoms with Gasteiger partial charge in [0.1, 0.15) is 18.1 Å². The molecular weight excluding hydrogens is 532 g/mol. The minimum atomic E-state index is -0.668. The highest BCUT2D eigenvalue weighted by atomic mass is 79.9. The van der Waals surface area contributed by atoms with Gasteiger partial charge in [-0.25, -0.2) is 0 Å². The number of Topliss-reactive ketones (excluding diaryl/α,β-unsaturated/α-hetero) is 1. The van der Waals surface area contributed by atoms with E-state index in [2.05, 4.69) is 15.9 Å². The van der Waals surface area contributed by atoms with Gasteiger partial charge in [-0.2, -0.15) is 0 Å². The third-order valence-electron chi connectivity index (χ3n) is 6.43. The molecule has 0 aromatic heterocycles. The molecule has 0 saturated carbocycles. The lowest BCUT2D eigenvalue weighted by molar-refractivity contribution is -0.139. The number of halogens is 1. The fourth-order valence-corrected chi connectivity index (χ4v) is 4.80. The van der Waals surface area contributed by atoms with Crippen molar-refractivity contribution in [3.05, 3.63) is 105 Å². The molecule has 4 rings (SSSR count). The molecule has 192 valence electrons. The van der Waals surface area contributed by atoms with Crippen LogP contribution >= 0.6 is 15.9 Å². The molecule has 1 amide bonds. The molecule has 1 saturated heterocycles. The summed E-state index contributed by atoms with van der Waals surface area (Å²) in [7, 11) is 3.94. The van der Waals surface area contributed by atoms with E-state index in [1.807, 2.05) is 86.6 Å². The van der Waals surface area contributed by atoms with Crippen molar-refractivity contribution in [3.63, 3.8) is 0 Å². The number of aliphatic hydroxyl groups is 1. The number of ketones is 1. The van der Waals surface area contributed by atoms with Crippen LogP contribution in [0.1, 0.15) is 34.7 Å². The maximum absolute atomic E-state index is 13.3. The van der Waals surface area contributed by atoms with Crippen LogP contribution < -0.4 is 4.74 Å². The van der Waals surface area contributed by atoms with Crippen LogP contribution in [0.5, 0.6) is 5.75 Å². The molecule has 7 heteroatoms. The molecule has 3 aromatic carbocycles. The van der Waals surface area contributed by atoms with Crippen molar-refractivity contribution in [2.45, 2.75) is 26.0 Å². The topological polar surface area (TPSA) is 70.1 Å². The molecule has 0 radical (unpaired) electrons. The van der Waals surface area contributed by atoms with Crippen molar-refractivity contribution in [1.29, 1.82) is 0 Å². The number of hydrogen-bond acceptors (Lipinski definition) is 5. The number of ether oxygens (including phenoxy) is 1. The highest BCUT2D eigenvalue weighted by Crippen LogP contribution is 2.40. The number of nitrogens with zero attached hydrogens (tertiary/aromatic N) is 2. The first-order chi connectivity index (χ1) is 17.8. The summed E-state index contributed by atoms with van der Waals surface area (Å²) in [5, 5.41) is 11.4. The number of aryl methyl sites for hydroxylation is 1. The van der Waals surface area contributed by atoms with E-state index in [4.69, 9.17) is 4.74 Å². The van der Waals surface area contributed by atoms with Crippen LogP contribution in [-0.2, 0) is 16.2 Å². The fraction of sp³-hybridized carbons (Fsp3) is 0.267. The zero-order valence-corrected chi connectivity index (χ0v) is 22.9. The second kappa shape index (κ2) is 11.8. The first-order valence-corrected chi connectivity index (χ1v) is 13.0. The molecule has 6 nitrogen and oxygen atoms in total. The fourth-order valence-electron chi connectivity index (χ4n) is 4.54. The Kier molecular flexibility index (Phi) is 8.46. The third-order valence-corrected chi connectivity index (χ3v) is 6.96. The van der Waals surface area contributed by atoms with E-state index in [0.29, 0.717) is 30.9 Å². The predicted molar refractivity (Wildman–Crippen MR) is 148 cm³/mol. The van der Waals surface area contributed by atoms with Gasteiger partial charge in [-0.15, -0.1) is 0 Å². The summed E-state index contributed by atoms with van der Waals surface area (Å²) in [6.45, 7) is 3.46. The Hall–Kier alpha value is -3.42. The van der Waals surface area contributed by atoms with Crippen molar-refractivity contribution in [3.8, 4) is 5.75 Å². The van der Waals surface area contributed by atoms with Gasteiger partial charge >= 0.3 is 0 Å². The summed E-state index contributed by atoms with van der Waals surface area (Å²) in [5.41, 5.74) is 3.18. The van der Waals surface area contributed by atoms with Crippen molar-refractivity contribution in [1.82, 2.24) is 9.80 Å². The van der Waals surface area contributed by atoms with Crippen LogP contribution in [0.15, 0.2) is 82.8 Å². The molecule has 3 aromatic rings. The highest BCUT2D eigenvalue weighted by molar-refractivity contribution is 9.10.